The van der Waals surface area contributed by atoms with E-state index in [-0.39, 0.29) is 17.7 Å². The highest BCUT2D eigenvalue weighted by Crippen LogP contribution is 2.12. The Bertz CT molecular complexity index is 1100. The minimum absolute atomic E-state index is 0.183. The molecule has 1 amide bonds. The number of esters is 2. The zero-order valence-corrected chi connectivity index (χ0v) is 17.0. The fourth-order valence-corrected chi connectivity index (χ4v) is 2.62. The van der Waals surface area contributed by atoms with Gasteiger partial charge in [0.25, 0.3) is 17.5 Å². The van der Waals surface area contributed by atoms with Crippen LogP contribution in [-0.2, 0) is 14.3 Å². The second-order valence-corrected chi connectivity index (χ2v) is 6.84. The van der Waals surface area contributed by atoms with E-state index in [1.54, 1.807) is 32.0 Å². The number of aryl methyl sites for hydroxylation is 2. The smallest absolute Gasteiger partial charge is 0.378 e. The topological polar surface area (TPSA) is 125 Å². The van der Waals surface area contributed by atoms with Crippen LogP contribution in [0.25, 0.3) is 5.78 Å². The molecule has 0 unspecified atom stereocenters. The predicted molar refractivity (Wildman–Crippen MR) is 106 cm³/mol. The Morgan fingerprint density at radius 1 is 1.07 bits per heavy atom. The zero-order valence-electron chi connectivity index (χ0n) is 17.0. The van der Waals surface area contributed by atoms with E-state index in [2.05, 4.69) is 20.4 Å². The van der Waals surface area contributed by atoms with Crippen molar-refractivity contribution in [3.05, 3.63) is 53.1 Å². The predicted octanol–water partition coefficient (Wildman–Crippen LogP) is 2.10. The van der Waals surface area contributed by atoms with Crippen LogP contribution in [0.3, 0.4) is 0 Å². The highest BCUT2D eigenvalue weighted by Gasteiger charge is 2.18. The Morgan fingerprint density at radius 2 is 1.77 bits per heavy atom. The van der Waals surface area contributed by atoms with Gasteiger partial charge in [-0.25, -0.2) is 19.1 Å². The van der Waals surface area contributed by atoms with Gasteiger partial charge >= 0.3 is 11.9 Å². The molecule has 0 aliphatic carbocycles. The Morgan fingerprint density at radius 3 is 2.43 bits per heavy atom. The number of rotatable bonds is 6. The highest BCUT2D eigenvalue weighted by molar-refractivity contribution is 5.95. The number of aromatic nitrogens is 4. The number of nitrogens with one attached hydrogen (secondary N) is 1. The van der Waals surface area contributed by atoms with Crippen LogP contribution in [0, 0.1) is 13.8 Å². The Labute approximate surface area is 172 Å². The van der Waals surface area contributed by atoms with Gasteiger partial charge in [0.1, 0.15) is 0 Å². The Hall–Kier alpha value is -3.82. The minimum Gasteiger partial charge on any atom is -0.459 e. The third-order valence-corrected chi connectivity index (χ3v) is 3.88. The van der Waals surface area contributed by atoms with E-state index in [4.69, 9.17) is 9.47 Å². The molecule has 0 aliphatic rings. The number of amides is 1. The van der Waals surface area contributed by atoms with E-state index in [1.165, 1.54) is 16.6 Å². The average molecular weight is 411 g/mol. The maximum Gasteiger partial charge on any atom is 0.378 e. The molecular formula is C20H21N5O5. The molecule has 1 N–H and O–H groups in total. The standard InChI is InChI=1S/C20H21N5O5/c1-11(2)30-18(27)14-5-7-15(8-6-14)22-16(26)10-29-19(28)17-23-20-21-12(3)9-13(4)25(20)24-17/h5-9,11H,10H2,1-4H3,(H,22,26). The van der Waals surface area contributed by atoms with Gasteiger partial charge in [0, 0.05) is 17.1 Å². The Kier molecular flexibility index (Phi) is 6.05. The number of carbonyl (C=O) groups excluding carboxylic acids is 3. The molecule has 10 nitrogen and oxygen atoms in total. The molecule has 0 aliphatic heterocycles. The fraction of sp³-hybridized carbons (Fsp3) is 0.300. The molecular weight excluding hydrogens is 390 g/mol. The first-order valence-corrected chi connectivity index (χ1v) is 9.22. The van der Waals surface area contributed by atoms with E-state index in [9.17, 15) is 14.4 Å². The van der Waals surface area contributed by atoms with Gasteiger partial charge in [-0.15, -0.1) is 5.10 Å². The summed E-state index contributed by atoms with van der Waals surface area (Å²) < 4.78 is 11.5. The van der Waals surface area contributed by atoms with Crippen LogP contribution in [0.2, 0.25) is 0 Å². The number of benzene rings is 1. The van der Waals surface area contributed by atoms with E-state index in [0.717, 1.165) is 11.4 Å². The molecule has 2 heterocycles. The number of nitrogens with zero attached hydrogens (tertiary/aromatic N) is 4. The fourth-order valence-electron chi connectivity index (χ4n) is 2.62. The first kappa shape index (κ1) is 20.9. The SMILES string of the molecule is Cc1cc(C)n2nc(C(=O)OCC(=O)Nc3ccc(C(=O)OC(C)C)cc3)nc2n1. The van der Waals surface area contributed by atoms with Crippen LogP contribution in [0.15, 0.2) is 30.3 Å². The lowest BCUT2D eigenvalue weighted by atomic mass is 10.2. The summed E-state index contributed by atoms with van der Waals surface area (Å²) in [6.45, 7) is 6.62. The van der Waals surface area contributed by atoms with Crippen LogP contribution in [-0.4, -0.2) is 50.1 Å². The van der Waals surface area contributed by atoms with Crippen LogP contribution in [0.4, 0.5) is 5.69 Å². The van der Waals surface area contributed by atoms with Gasteiger partial charge in [0.15, 0.2) is 6.61 Å². The molecule has 10 heteroatoms. The zero-order chi connectivity index (χ0) is 21.8. The van der Waals surface area contributed by atoms with Crippen molar-refractivity contribution in [3.63, 3.8) is 0 Å². The number of hydrogen-bond donors (Lipinski definition) is 1. The first-order chi connectivity index (χ1) is 14.2. The Balaban J connectivity index is 1.56. The second-order valence-electron chi connectivity index (χ2n) is 6.84. The number of anilines is 1. The second kappa shape index (κ2) is 8.68. The van der Waals surface area contributed by atoms with Gasteiger partial charge in [-0.3, -0.25) is 4.79 Å². The summed E-state index contributed by atoms with van der Waals surface area (Å²) >= 11 is 0. The van der Waals surface area contributed by atoms with Gasteiger partial charge < -0.3 is 14.8 Å². The minimum atomic E-state index is -0.834. The number of carbonyl (C=O) groups is 3. The molecule has 0 radical (unpaired) electrons. The van der Waals surface area contributed by atoms with Crippen molar-refractivity contribution < 1.29 is 23.9 Å². The van der Waals surface area contributed by atoms with E-state index >= 15 is 0 Å². The summed E-state index contributed by atoms with van der Waals surface area (Å²) in [5.74, 6) is -1.73. The molecule has 2 aromatic heterocycles. The molecule has 3 rings (SSSR count). The van der Waals surface area contributed by atoms with Crippen LogP contribution in [0.5, 0.6) is 0 Å². The molecule has 0 bridgehead atoms. The molecule has 0 fully saturated rings. The van der Waals surface area contributed by atoms with Crippen molar-refractivity contribution in [1.29, 1.82) is 0 Å². The van der Waals surface area contributed by atoms with Crippen molar-refractivity contribution in [2.45, 2.75) is 33.8 Å². The normalized spacial score (nSPS) is 10.8. The number of ether oxygens (including phenoxy) is 2. The van der Waals surface area contributed by atoms with Crippen LogP contribution < -0.4 is 5.32 Å². The van der Waals surface area contributed by atoms with Crippen LogP contribution >= 0.6 is 0 Å². The van der Waals surface area contributed by atoms with Gasteiger partial charge in [-0.2, -0.15) is 4.98 Å². The van der Waals surface area contributed by atoms with E-state index in [1.807, 2.05) is 13.8 Å². The average Bonchev–Trinajstić information content (AvgIpc) is 3.10. The largest absolute Gasteiger partial charge is 0.459 e. The summed E-state index contributed by atoms with van der Waals surface area (Å²) in [6.07, 6.45) is -0.224. The maximum absolute atomic E-state index is 12.2. The van der Waals surface area contributed by atoms with Gasteiger partial charge in [0.05, 0.1) is 11.7 Å². The summed E-state index contributed by atoms with van der Waals surface area (Å²) in [5, 5.41) is 6.63. The molecule has 1 aromatic carbocycles. The lowest BCUT2D eigenvalue weighted by Gasteiger charge is -2.09. The quantitative estimate of drug-likeness (QED) is 0.612. The molecule has 0 atom stereocenters. The molecule has 0 saturated heterocycles. The van der Waals surface area contributed by atoms with Crippen molar-refractivity contribution in [2.24, 2.45) is 0 Å². The summed E-state index contributed by atoms with van der Waals surface area (Å²) in [6, 6.07) is 7.97. The third-order valence-electron chi connectivity index (χ3n) is 3.88. The van der Waals surface area contributed by atoms with Gasteiger partial charge in [-0.1, -0.05) is 0 Å². The summed E-state index contributed by atoms with van der Waals surface area (Å²) in [7, 11) is 0. The summed E-state index contributed by atoms with van der Waals surface area (Å²) in [5.41, 5.74) is 2.32. The number of hydrogen-bond acceptors (Lipinski definition) is 8. The molecule has 0 spiro atoms. The van der Waals surface area contributed by atoms with E-state index < -0.39 is 24.5 Å². The highest BCUT2D eigenvalue weighted by atomic mass is 16.5. The van der Waals surface area contributed by atoms with Crippen LogP contribution in [0.1, 0.15) is 46.2 Å². The lowest BCUT2D eigenvalue weighted by molar-refractivity contribution is -0.119. The third kappa shape index (κ3) is 4.96. The number of fused-ring (bicyclic) bond motifs is 1. The molecule has 0 saturated carbocycles. The van der Waals surface area contributed by atoms with Crippen molar-refractivity contribution in [3.8, 4) is 0 Å². The monoisotopic (exact) mass is 411 g/mol. The van der Waals surface area contributed by atoms with Gasteiger partial charge in [0.2, 0.25) is 0 Å². The maximum atomic E-state index is 12.2. The van der Waals surface area contributed by atoms with E-state index in [0.29, 0.717) is 11.3 Å². The molecule has 3 aromatic rings. The lowest BCUT2D eigenvalue weighted by Crippen LogP contribution is -2.21. The summed E-state index contributed by atoms with van der Waals surface area (Å²) in [4.78, 5) is 44.2. The molecule has 156 valence electrons. The first-order valence-electron chi connectivity index (χ1n) is 9.22. The van der Waals surface area contributed by atoms with Gasteiger partial charge in [-0.05, 0) is 58.0 Å². The molecule has 30 heavy (non-hydrogen) atoms. The van der Waals surface area contributed by atoms with Crippen molar-refractivity contribution in [1.82, 2.24) is 19.6 Å². The van der Waals surface area contributed by atoms with Crippen molar-refractivity contribution in [2.75, 3.05) is 11.9 Å². The van der Waals surface area contributed by atoms with Crippen molar-refractivity contribution >= 4 is 29.3 Å².